The van der Waals surface area contributed by atoms with Crippen molar-refractivity contribution in [3.8, 4) is 23.1 Å². The highest BCUT2D eigenvalue weighted by Gasteiger charge is 2.24. The number of nitrogens with one attached hydrogen (secondary N) is 1. The summed E-state index contributed by atoms with van der Waals surface area (Å²) in [6.07, 6.45) is 4.17. The van der Waals surface area contributed by atoms with E-state index in [1.165, 1.54) is 12.8 Å². The van der Waals surface area contributed by atoms with Crippen LogP contribution in [-0.2, 0) is 17.6 Å². The largest absolute Gasteiger partial charge is 0.493 e. The number of hydrogen-bond acceptors (Lipinski definition) is 4. The van der Waals surface area contributed by atoms with E-state index in [1.54, 1.807) is 7.11 Å². The summed E-state index contributed by atoms with van der Waals surface area (Å²) in [5, 5.41) is 7.88. The van der Waals surface area contributed by atoms with Crippen molar-refractivity contribution in [3.05, 3.63) is 65.9 Å². The van der Waals surface area contributed by atoms with Crippen molar-refractivity contribution >= 4 is 5.91 Å². The molecule has 4 rings (SSSR count). The lowest BCUT2D eigenvalue weighted by Gasteiger charge is -2.14. The second-order valence-corrected chi connectivity index (χ2v) is 7.83. The van der Waals surface area contributed by atoms with Crippen molar-refractivity contribution in [1.29, 1.82) is 0 Å². The van der Waals surface area contributed by atoms with E-state index in [2.05, 4.69) is 12.2 Å². The van der Waals surface area contributed by atoms with Crippen LogP contribution in [0.2, 0.25) is 0 Å². The third kappa shape index (κ3) is 5.08. The van der Waals surface area contributed by atoms with Crippen LogP contribution in [-0.4, -0.2) is 29.3 Å². The average molecular weight is 420 g/mol. The number of benzene rings is 2. The summed E-state index contributed by atoms with van der Waals surface area (Å²) in [7, 11) is 1.62. The highest BCUT2D eigenvalue weighted by Crippen LogP contribution is 2.36. The fraction of sp³-hybridized carbons (Fsp3) is 0.360. The van der Waals surface area contributed by atoms with Crippen molar-refractivity contribution in [2.24, 2.45) is 5.92 Å². The maximum Gasteiger partial charge on any atom is 0.226 e. The molecule has 0 spiro atoms. The number of ether oxygens (including phenoxy) is 2. The molecule has 1 saturated carbocycles. The Balaban J connectivity index is 1.66. The molecule has 162 valence electrons. The smallest absolute Gasteiger partial charge is 0.226 e. The predicted molar refractivity (Wildman–Crippen MR) is 120 cm³/mol. The van der Waals surface area contributed by atoms with E-state index in [1.807, 2.05) is 59.3 Å². The first-order chi connectivity index (χ1) is 15.2. The molecule has 0 bridgehead atoms. The molecule has 0 unspecified atom stereocenters. The summed E-state index contributed by atoms with van der Waals surface area (Å²) in [6.45, 7) is 2.86. The van der Waals surface area contributed by atoms with E-state index in [-0.39, 0.29) is 5.91 Å². The molecule has 1 amide bonds. The molecule has 31 heavy (non-hydrogen) atoms. The summed E-state index contributed by atoms with van der Waals surface area (Å²) in [5.41, 5.74) is 2.80. The molecule has 6 heteroatoms. The molecule has 0 atom stereocenters. The standard InChI is InChI=1S/C25H29N3O3/c1-3-21-20(15-16-24(29)26-17-18-13-14-18)25(28(27-21)19-9-5-4-6-10-19)31-23-12-8-7-11-22(23)30-2/h4-12,18H,3,13-17H2,1-2H3,(H,26,29). The minimum absolute atomic E-state index is 0.0738. The molecule has 1 aromatic heterocycles. The second kappa shape index (κ2) is 9.69. The lowest BCUT2D eigenvalue weighted by atomic mass is 10.1. The van der Waals surface area contributed by atoms with Gasteiger partial charge in [-0.1, -0.05) is 37.3 Å². The quantitative estimate of drug-likeness (QED) is 0.518. The van der Waals surface area contributed by atoms with Crippen molar-refractivity contribution in [2.45, 2.75) is 39.0 Å². The topological polar surface area (TPSA) is 65.4 Å². The maximum absolute atomic E-state index is 12.4. The zero-order valence-electron chi connectivity index (χ0n) is 18.1. The van der Waals surface area contributed by atoms with Gasteiger partial charge < -0.3 is 14.8 Å². The van der Waals surface area contributed by atoms with Crippen molar-refractivity contribution in [2.75, 3.05) is 13.7 Å². The van der Waals surface area contributed by atoms with Gasteiger partial charge in [0, 0.05) is 18.5 Å². The molecular formula is C25H29N3O3. The molecule has 0 radical (unpaired) electrons. The van der Waals surface area contributed by atoms with Gasteiger partial charge in [-0.05, 0) is 55.9 Å². The molecule has 1 N–H and O–H groups in total. The van der Waals surface area contributed by atoms with Crippen LogP contribution in [0.15, 0.2) is 54.6 Å². The van der Waals surface area contributed by atoms with E-state index in [4.69, 9.17) is 14.6 Å². The van der Waals surface area contributed by atoms with Crippen LogP contribution in [0.1, 0.15) is 37.4 Å². The van der Waals surface area contributed by atoms with Crippen LogP contribution in [0.3, 0.4) is 0 Å². The van der Waals surface area contributed by atoms with Crippen LogP contribution in [0.25, 0.3) is 5.69 Å². The van der Waals surface area contributed by atoms with Crippen LogP contribution in [0.4, 0.5) is 0 Å². The lowest BCUT2D eigenvalue weighted by molar-refractivity contribution is -0.121. The molecule has 1 heterocycles. The SMILES string of the molecule is CCc1nn(-c2ccccc2)c(Oc2ccccc2OC)c1CCC(=O)NCC1CC1. The number of carbonyl (C=O) groups is 1. The normalized spacial score (nSPS) is 13.1. The van der Waals surface area contributed by atoms with E-state index >= 15 is 0 Å². The van der Waals surface area contributed by atoms with E-state index in [0.717, 1.165) is 29.9 Å². The number of methoxy groups -OCH3 is 1. The number of carbonyl (C=O) groups excluding carboxylic acids is 1. The van der Waals surface area contributed by atoms with E-state index in [0.29, 0.717) is 36.1 Å². The minimum atomic E-state index is 0.0738. The Labute approximate surface area is 183 Å². The van der Waals surface area contributed by atoms with Crippen LogP contribution >= 0.6 is 0 Å². The zero-order valence-corrected chi connectivity index (χ0v) is 18.1. The molecule has 1 fully saturated rings. The number of aromatic nitrogens is 2. The Morgan fingerprint density at radius 2 is 1.81 bits per heavy atom. The third-order valence-corrected chi connectivity index (χ3v) is 5.52. The Kier molecular flexibility index (Phi) is 6.55. The van der Waals surface area contributed by atoms with E-state index in [9.17, 15) is 4.79 Å². The summed E-state index contributed by atoms with van der Waals surface area (Å²) in [4.78, 5) is 12.4. The summed E-state index contributed by atoms with van der Waals surface area (Å²) >= 11 is 0. The Bertz CT molecular complexity index is 1030. The average Bonchev–Trinajstić information content (AvgIpc) is 3.58. The summed E-state index contributed by atoms with van der Waals surface area (Å²) in [5.74, 6) is 2.63. The third-order valence-electron chi connectivity index (χ3n) is 5.52. The number of rotatable bonds is 10. The monoisotopic (exact) mass is 419 g/mol. The number of aryl methyl sites for hydroxylation is 1. The molecule has 2 aromatic carbocycles. The fourth-order valence-electron chi connectivity index (χ4n) is 3.58. The predicted octanol–water partition coefficient (Wildman–Crippen LogP) is 4.69. The molecule has 1 aliphatic rings. The van der Waals surface area contributed by atoms with Gasteiger partial charge in [0.2, 0.25) is 11.8 Å². The van der Waals surface area contributed by atoms with Gasteiger partial charge in [0.25, 0.3) is 0 Å². The van der Waals surface area contributed by atoms with Crippen molar-refractivity contribution < 1.29 is 14.3 Å². The van der Waals surface area contributed by atoms with Gasteiger partial charge in [0.05, 0.1) is 18.5 Å². The van der Waals surface area contributed by atoms with Crippen LogP contribution < -0.4 is 14.8 Å². The van der Waals surface area contributed by atoms with Gasteiger partial charge in [-0.25, -0.2) is 4.68 Å². The van der Waals surface area contributed by atoms with Gasteiger partial charge >= 0.3 is 0 Å². The number of para-hydroxylation sites is 3. The minimum Gasteiger partial charge on any atom is -0.493 e. The molecule has 6 nitrogen and oxygen atoms in total. The van der Waals surface area contributed by atoms with Gasteiger partial charge in [-0.15, -0.1) is 0 Å². The Morgan fingerprint density at radius 1 is 1.10 bits per heavy atom. The lowest BCUT2D eigenvalue weighted by Crippen LogP contribution is -2.25. The first-order valence-electron chi connectivity index (χ1n) is 10.9. The molecule has 0 aliphatic heterocycles. The second-order valence-electron chi connectivity index (χ2n) is 7.83. The van der Waals surface area contributed by atoms with Gasteiger partial charge in [0.1, 0.15) is 0 Å². The summed E-state index contributed by atoms with van der Waals surface area (Å²) < 4.78 is 13.7. The van der Waals surface area contributed by atoms with Gasteiger partial charge in [0.15, 0.2) is 11.5 Å². The van der Waals surface area contributed by atoms with Crippen molar-refractivity contribution in [1.82, 2.24) is 15.1 Å². The number of hydrogen-bond donors (Lipinski definition) is 1. The number of amides is 1. The zero-order chi connectivity index (χ0) is 21.6. The highest BCUT2D eigenvalue weighted by atomic mass is 16.5. The first kappa shape index (κ1) is 21.0. The fourth-order valence-corrected chi connectivity index (χ4v) is 3.58. The van der Waals surface area contributed by atoms with Crippen LogP contribution in [0.5, 0.6) is 17.4 Å². The van der Waals surface area contributed by atoms with Gasteiger partial charge in [-0.2, -0.15) is 5.10 Å². The van der Waals surface area contributed by atoms with E-state index < -0.39 is 0 Å². The maximum atomic E-state index is 12.4. The molecular weight excluding hydrogens is 390 g/mol. The summed E-state index contributed by atoms with van der Waals surface area (Å²) in [6, 6.07) is 17.5. The molecule has 1 aliphatic carbocycles. The Morgan fingerprint density at radius 3 is 2.48 bits per heavy atom. The van der Waals surface area contributed by atoms with Crippen molar-refractivity contribution in [3.63, 3.8) is 0 Å². The van der Waals surface area contributed by atoms with Gasteiger partial charge in [-0.3, -0.25) is 4.79 Å². The number of nitrogens with zero attached hydrogens (tertiary/aromatic N) is 2. The first-order valence-corrected chi connectivity index (χ1v) is 10.9. The Hall–Kier alpha value is -3.28. The highest BCUT2D eigenvalue weighted by molar-refractivity contribution is 5.76. The molecule has 3 aromatic rings. The van der Waals surface area contributed by atoms with Crippen LogP contribution in [0, 0.1) is 5.92 Å². The molecule has 0 saturated heterocycles.